The van der Waals surface area contributed by atoms with Crippen LogP contribution >= 0.6 is 0 Å². The summed E-state index contributed by atoms with van der Waals surface area (Å²) in [5.41, 5.74) is 3.63. The number of phenolic OH excluding ortho intramolecular Hbond substituents is 1. The Morgan fingerprint density at radius 3 is 2.59 bits per heavy atom. The third kappa shape index (κ3) is 2.54. The first-order chi connectivity index (χ1) is 13.6. The highest BCUT2D eigenvalue weighted by molar-refractivity contribution is 6.17. The van der Waals surface area contributed by atoms with Crippen LogP contribution in [-0.4, -0.2) is 68.8 Å². The van der Waals surface area contributed by atoms with Crippen molar-refractivity contribution in [3.05, 3.63) is 46.4 Å². The summed E-state index contributed by atoms with van der Waals surface area (Å²) < 4.78 is 0. The summed E-state index contributed by atoms with van der Waals surface area (Å²) >= 11 is 0. The monoisotopic (exact) mass is 401 g/mol. The van der Waals surface area contributed by atoms with Gasteiger partial charge in [0.15, 0.2) is 5.78 Å². The Bertz CT molecular complexity index is 998. The fourth-order valence-corrected chi connectivity index (χ4v) is 4.91. The number of amides is 1. The average molecular weight is 401 g/mol. The second-order valence-corrected chi connectivity index (χ2v) is 8.07. The number of fused-ring (bicyclic) bond motifs is 3. The molecule has 7 N–H and O–H groups in total. The van der Waals surface area contributed by atoms with Crippen LogP contribution in [0.3, 0.4) is 0 Å². The molecule has 1 aromatic rings. The molecule has 9 nitrogen and oxygen atoms in total. The highest BCUT2D eigenvalue weighted by Gasteiger charge is 2.58. The molecule has 1 heterocycles. The van der Waals surface area contributed by atoms with Crippen LogP contribution in [0.15, 0.2) is 40.9 Å². The number of likely N-dealkylation sites (N-methyl/N-ethyl adjacent to an activating group) is 1. The molecule has 0 aromatic heterocycles. The molecule has 0 spiro atoms. The number of nitrogens with one attached hydrogen (secondary N) is 1. The molecular formula is C20H23N3O6. The molecule has 0 fully saturated rings. The lowest BCUT2D eigenvalue weighted by Gasteiger charge is -2.51. The van der Waals surface area contributed by atoms with Crippen molar-refractivity contribution in [2.45, 2.75) is 30.5 Å². The first-order valence-corrected chi connectivity index (χ1v) is 9.25. The van der Waals surface area contributed by atoms with Crippen LogP contribution < -0.4 is 11.1 Å². The van der Waals surface area contributed by atoms with E-state index < -0.39 is 47.5 Å². The minimum absolute atomic E-state index is 0.0147. The number of aromatic hydroxyl groups is 1. The van der Waals surface area contributed by atoms with Gasteiger partial charge in [0.1, 0.15) is 22.9 Å². The number of hydrogen-bond acceptors (Lipinski definition) is 8. The van der Waals surface area contributed by atoms with Crippen molar-refractivity contribution in [1.82, 2.24) is 4.90 Å². The third-order valence-electron chi connectivity index (χ3n) is 6.23. The van der Waals surface area contributed by atoms with Gasteiger partial charge >= 0.3 is 0 Å². The number of aliphatic hydroxyl groups excluding tert-OH is 2. The van der Waals surface area contributed by atoms with E-state index in [9.17, 15) is 30.0 Å². The van der Waals surface area contributed by atoms with Gasteiger partial charge in [-0.1, -0.05) is 6.07 Å². The molecule has 154 valence electrons. The second-order valence-electron chi connectivity index (χ2n) is 8.07. The van der Waals surface area contributed by atoms with Crippen LogP contribution in [0.25, 0.3) is 0 Å². The molecule has 2 aliphatic carbocycles. The van der Waals surface area contributed by atoms with E-state index in [0.29, 0.717) is 5.69 Å². The Morgan fingerprint density at radius 2 is 1.97 bits per heavy atom. The van der Waals surface area contributed by atoms with Crippen molar-refractivity contribution in [3.63, 3.8) is 0 Å². The lowest BCUT2D eigenvalue weighted by atomic mass is 9.62. The minimum Gasteiger partial charge on any atom is -0.510 e. The number of nitrogens with two attached hydrogens (primary N) is 1. The number of aliphatic hydroxyl groups is 3. The van der Waals surface area contributed by atoms with Gasteiger partial charge in [-0.05, 0) is 32.6 Å². The van der Waals surface area contributed by atoms with Crippen molar-refractivity contribution < 1.29 is 30.0 Å². The zero-order chi connectivity index (χ0) is 21.2. The average Bonchev–Trinajstić information content (AvgIpc) is 2.62. The van der Waals surface area contributed by atoms with Gasteiger partial charge in [0, 0.05) is 18.0 Å². The fraction of sp³-hybridized carbons (Fsp3) is 0.400. The number of hydrogen-bond donors (Lipinski definition) is 6. The van der Waals surface area contributed by atoms with Crippen molar-refractivity contribution >= 4 is 17.4 Å². The first-order valence-electron chi connectivity index (χ1n) is 9.25. The van der Waals surface area contributed by atoms with Crippen LogP contribution in [0.4, 0.5) is 5.69 Å². The number of benzene rings is 1. The third-order valence-corrected chi connectivity index (χ3v) is 6.23. The Labute approximate surface area is 166 Å². The van der Waals surface area contributed by atoms with Crippen molar-refractivity contribution in [3.8, 4) is 5.75 Å². The molecule has 0 saturated carbocycles. The van der Waals surface area contributed by atoms with Crippen LogP contribution in [-0.2, 0) is 4.79 Å². The summed E-state index contributed by atoms with van der Waals surface area (Å²) in [5.74, 6) is -3.26. The molecule has 9 heteroatoms. The number of nitrogens with zero attached hydrogens (tertiary/aromatic N) is 1. The maximum Gasteiger partial charge on any atom is 0.248 e. The van der Waals surface area contributed by atoms with Gasteiger partial charge in [0.2, 0.25) is 5.91 Å². The fourth-order valence-electron chi connectivity index (χ4n) is 4.91. The minimum atomic E-state index is -1.96. The molecular weight excluding hydrogens is 378 g/mol. The number of ketones is 1. The molecule has 0 saturated heterocycles. The van der Waals surface area contributed by atoms with Crippen molar-refractivity contribution in [2.75, 3.05) is 19.4 Å². The predicted molar refractivity (Wildman–Crippen MR) is 104 cm³/mol. The predicted octanol–water partition coefficient (Wildman–Crippen LogP) is 0.563. The van der Waals surface area contributed by atoms with Crippen molar-refractivity contribution in [1.29, 1.82) is 0 Å². The van der Waals surface area contributed by atoms with E-state index in [-0.39, 0.29) is 34.6 Å². The van der Waals surface area contributed by atoms with Gasteiger partial charge in [-0.15, -0.1) is 0 Å². The summed E-state index contributed by atoms with van der Waals surface area (Å²) in [4.78, 5) is 26.6. The van der Waals surface area contributed by atoms with E-state index >= 15 is 0 Å². The second kappa shape index (κ2) is 6.23. The number of anilines is 1. The van der Waals surface area contributed by atoms with Crippen molar-refractivity contribution in [2.24, 2.45) is 11.7 Å². The number of carbonyl (C=O) groups excluding carboxylic acids is 2. The summed E-state index contributed by atoms with van der Waals surface area (Å²) in [6, 6.07) is 3.19. The molecule has 29 heavy (non-hydrogen) atoms. The topological polar surface area (TPSA) is 156 Å². The number of phenols is 1. The molecule has 1 amide bonds. The van der Waals surface area contributed by atoms with Crippen LogP contribution in [0.1, 0.15) is 23.2 Å². The largest absolute Gasteiger partial charge is 0.510 e. The van der Waals surface area contributed by atoms with Gasteiger partial charge < -0.3 is 31.5 Å². The maximum atomic E-state index is 13.1. The molecule has 1 aromatic carbocycles. The van der Waals surface area contributed by atoms with E-state index in [2.05, 4.69) is 5.32 Å². The zero-order valence-electron chi connectivity index (χ0n) is 16.0. The zero-order valence-corrected chi connectivity index (χ0v) is 16.0. The Hall–Kier alpha value is -3.04. The van der Waals surface area contributed by atoms with Crippen LogP contribution in [0.5, 0.6) is 5.75 Å². The summed E-state index contributed by atoms with van der Waals surface area (Å²) in [5, 5.41) is 46.4. The number of Topliss-reactive ketones (excluding diaryl/α,β-unsaturated/α-hetero) is 1. The molecule has 3 aliphatic rings. The normalized spacial score (nSPS) is 31.2. The molecule has 1 aliphatic heterocycles. The van der Waals surface area contributed by atoms with E-state index in [4.69, 9.17) is 5.73 Å². The van der Waals surface area contributed by atoms with E-state index in [1.807, 2.05) is 0 Å². The Kier molecular flexibility index (Phi) is 4.14. The van der Waals surface area contributed by atoms with Gasteiger partial charge in [0.05, 0.1) is 28.8 Å². The molecule has 4 atom stereocenters. The molecule has 0 radical (unpaired) electrons. The SMILES string of the molecule is CN(C)[C@@H]1C(O)=C(C(N)=O)C[C@@]2(O)C(O)=C3C(=O)c4c(O)cccc4N[C@H]3C[C@@H]12. The van der Waals surface area contributed by atoms with Crippen LogP contribution in [0, 0.1) is 5.92 Å². The summed E-state index contributed by atoms with van der Waals surface area (Å²) in [6.07, 6.45) is -0.207. The summed E-state index contributed by atoms with van der Waals surface area (Å²) in [7, 11) is 3.35. The van der Waals surface area contributed by atoms with Gasteiger partial charge in [-0.25, -0.2) is 0 Å². The van der Waals surface area contributed by atoms with E-state index in [1.54, 1.807) is 31.1 Å². The standard InChI is InChI=1S/C20H23N3O6/c1-23(2)15-9-6-11-14(17(26)13-10(22-11)4-3-5-12(13)24)18(27)20(9,29)7-8(16(15)25)19(21)28/h3-5,9,11,15,22,24-25,27,29H,6-7H2,1-2H3,(H2,21,28)/t9-,11-,15-,20-/m0/s1. The first kappa shape index (κ1) is 19.3. The number of carbonyl (C=O) groups is 2. The van der Waals surface area contributed by atoms with Crippen LogP contribution in [0.2, 0.25) is 0 Å². The lowest BCUT2D eigenvalue weighted by molar-refractivity contribution is -0.118. The highest BCUT2D eigenvalue weighted by Crippen LogP contribution is 2.51. The van der Waals surface area contributed by atoms with Gasteiger partial charge in [0.25, 0.3) is 0 Å². The highest BCUT2D eigenvalue weighted by atomic mass is 16.3. The Morgan fingerprint density at radius 1 is 1.28 bits per heavy atom. The van der Waals surface area contributed by atoms with Gasteiger partial charge in [-0.3, -0.25) is 14.5 Å². The maximum absolute atomic E-state index is 13.1. The quantitative estimate of drug-likeness (QED) is 0.420. The molecule has 4 rings (SSSR count). The number of primary amides is 1. The molecule has 0 unspecified atom stereocenters. The van der Waals surface area contributed by atoms with Gasteiger partial charge in [-0.2, -0.15) is 0 Å². The lowest BCUT2D eigenvalue weighted by Crippen LogP contribution is -2.60. The smallest absolute Gasteiger partial charge is 0.248 e. The molecule has 0 bridgehead atoms. The van der Waals surface area contributed by atoms with E-state index in [1.165, 1.54) is 6.07 Å². The number of rotatable bonds is 2. The Balaban J connectivity index is 1.91. The summed E-state index contributed by atoms with van der Waals surface area (Å²) in [6.45, 7) is 0. The van der Waals surface area contributed by atoms with E-state index in [0.717, 1.165) is 0 Å².